The van der Waals surface area contributed by atoms with Crippen LogP contribution < -0.4 is 5.32 Å². The monoisotopic (exact) mass is 403 g/mol. The van der Waals surface area contributed by atoms with Gasteiger partial charge in [-0.05, 0) is 62.1 Å². The molecule has 0 radical (unpaired) electrons. The Labute approximate surface area is 164 Å². The molecule has 0 saturated heterocycles. The Hall–Kier alpha value is -1.89. The summed E-state index contributed by atoms with van der Waals surface area (Å²) in [4.78, 5) is 4.35. The van der Waals surface area contributed by atoms with E-state index in [0.717, 1.165) is 36.1 Å². The Morgan fingerprint density at radius 3 is 2.89 bits per heavy atom. The van der Waals surface area contributed by atoms with Crippen LogP contribution in [-0.2, 0) is 16.4 Å². The molecule has 142 valence electrons. The third-order valence-electron chi connectivity index (χ3n) is 5.37. The van der Waals surface area contributed by atoms with Crippen molar-refractivity contribution >= 4 is 27.8 Å². The van der Waals surface area contributed by atoms with Gasteiger partial charge in [-0.15, -0.1) is 0 Å². The molecule has 4 rings (SSSR count). The van der Waals surface area contributed by atoms with E-state index in [4.69, 9.17) is 11.6 Å². The molecule has 1 aliphatic carbocycles. The van der Waals surface area contributed by atoms with E-state index in [1.165, 1.54) is 10.0 Å². The lowest BCUT2D eigenvalue weighted by Gasteiger charge is -2.24. The molecule has 1 aromatic carbocycles. The average molecular weight is 404 g/mol. The van der Waals surface area contributed by atoms with Crippen molar-refractivity contribution in [3.8, 4) is 0 Å². The van der Waals surface area contributed by atoms with Crippen LogP contribution in [0.5, 0.6) is 0 Å². The van der Waals surface area contributed by atoms with E-state index in [0.29, 0.717) is 11.4 Å². The lowest BCUT2D eigenvalue weighted by atomic mass is 9.86. The van der Waals surface area contributed by atoms with Gasteiger partial charge >= 0.3 is 0 Å². The highest BCUT2D eigenvalue weighted by Crippen LogP contribution is 2.39. The highest BCUT2D eigenvalue weighted by Gasteiger charge is 2.32. The normalized spacial score (nSPS) is 22.0. The van der Waals surface area contributed by atoms with E-state index >= 15 is 0 Å². The van der Waals surface area contributed by atoms with E-state index in [1.807, 2.05) is 19.3 Å². The van der Waals surface area contributed by atoms with Crippen molar-refractivity contribution in [3.63, 3.8) is 0 Å². The van der Waals surface area contributed by atoms with E-state index < -0.39 is 10.0 Å². The van der Waals surface area contributed by atoms with Crippen LogP contribution in [0.3, 0.4) is 0 Å². The molecular weight excluding hydrogens is 382 g/mol. The van der Waals surface area contributed by atoms with Gasteiger partial charge in [-0.2, -0.15) is 0 Å². The minimum Gasteiger partial charge on any atom is -0.313 e. The van der Waals surface area contributed by atoms with E-state index in [1.54, 1.807) is 30.6 Å². The number of fused-ring (bicyclic) bond motifs is 1. The van der Waals surface area contributed by atoms with Crippen LogP contribution in [0.15, 0.2) is 52.6 Å². The molecule has 2 aliphatic rings. The lowest BCUT2D eigenvalue weighted by Crippen LogP contribution is -2.21. The maximum atomic E-state index is 13.5. The first-order valence-electron chi connectivity index (χ1n) is 9.13. The molecule has 0 amide bonds. The fraction of sp³-hybridized carbons (Fsp3) is 0.350. The second-order valence-electron chi connectivity index (χ2n) is 6.96. The first-order valence-corrected chi connectivity index (χ1v) is 10.9. The van der Waals surface area contributed by atoms with E-state index in [-0.39, 0.29) is 16.9 Å². The molecule has 0 bridgehead atoms. The number of halogens is 1. The Kier molecular flexibility index (Phi) is 4.97. The van der Waals surface area contributed by atoms with Crippen LogP contribution in [0.4, 0.5) is 0 Å². The molecule has 27 heavy (non-hydrogen) atoms. The third kappa shape index (κ3) is 3.26. The molecule has 2 heterocycles. The number of allylic oxidation sites excluding steroid dienone is 1. The molecule has 2 aromatic rings. The zero-order chi connectivity index (χ0) is 19.0. The number of benzene rings is 1. The molecular formula is C20H22ClN3O2S. The van der Waals surface area contributed by atoms with Gasteiger partial charge in [0.15, 0.2) is 0 Å². The van der Waals surface area contributed by atoms with Crippen LogP contribution in [-0.4, -0.2) is 25.7 Å². The van der Waals surface area contributed by atoms with Gasteiger partial charge in [0, 0.05) is 41.3 Å². The predicted octanol–water partition coefficient (Wildman–Crippen LogP) is 4.05. The minimum atomic E-state index is -3.74. The summed E-state index contributed by atoms with van der Waals surface area (Å²) in [6, 6.07) is 6.62. The Bertz CT molecular complexity index is 1020. The largest absolute Gasteiger partial charge is 0.313 e. The van der Waals surface area contributed by atoms with Crippen LogP contribution >= 0.6 is 11.6 Å². The zero-order valence-electron chi connectivity index (χ0n) is 15.1. The summed E-state index contributed by atoms with van der Waals surface area (Å²) in [6.45, 7) is 0. The van der Waals surface area contributed by atoms with Crippen molar-refractivity contribution in [2.24, 2.45) is 4.99 Å². The highest BCUT2D eigenvalue weighted by molar-refractivity contribution is 7.90. The Morgan fingerprint density at radius 2 is 2.19 bits per heavy atom. The van der Waals surface area contributed by atoms with Gasteiger partial charge in [0.1, 0.15) is 0 Å². The molecule has 0 saturated carbocycles. The number of rotatable bonds is 4. The predicted molar refractivity (Wildman–Crippen MR) is 108 cm³/mol. The molecule has 2 unspecified atom stereocenters. The molecule has 5 nitrogen and oxygen atoms in total. The summed E-state index contributed by atoms with van der Waals surface area (Å²) in [5.41, 5.74) is 3.09. The van der Waals surface area contributed by atoms with E-state index in [9.17, 15) is 8.42 Å². The molecule has 0 fully saturated rings. The summed E-state index contributed by atoms with van der Waals surface area (Å²) in [5.74, 6) is -0.00387. The fourth-order valence-electron chi connectivity index (χ4n) is 4.06. The van der Waals surface area contributed by atoms with Gasteiger partial charge in [-0.3, -0.25) is 4.99 Å². The van der Waals surface area contributed by atoms with Crippen molar-refractivity contribution in [1.82, 2.24) is 9.29 Å². The molecule has 1 aliphatic heterocycles. The zero-order valence-corrected chi connectivity index (χ0v) is 16.7. The lowest BCUT2D eigenvalue weighted by molar-refractivity contribution is 0.497. The second kappa shape index (κ2) is 7.26. The quantitative estimate of drug-likeness (QED) is 0.837. The van der Waals surface area contributed by atoms with Gasteiger partial charge in [0.25, 0.3) is 10.0 Å². The van der Waals surface area contributed by atoms with Crippen LogP contribution in [0.1, 0.15) is 48.0 Å². The maximum absolute atomic E-state index is 13.5. The van der Waals surface area contributed by atoms with Crippen molar-refractivity contribution in [2.75, 3.05) is 7.05 Å². The van der Waals surface area contributed by atoms with Crippen molar-refractivity contribution in [3.05, 3.63) is 64.6 Å². The molecule has 1 N–H and O–H groups in total. The minimum absolute atomic E-state index is 0.00387. The van der Waals surface area contributed by atoms with Crippen LogP contribution in [0, 0.1) is 0 Å². The number of nitrogens with one attached hydrogen (secondary N) is 1. The summed E-state index contributed by atoms with van der Waals surface area (Å²) in [5, 5.41) is 3.74. The molecule has 1 aromatic heterocycles. The smallest absolute Gasteiger partial charge is 0.267 e. The molecule has 2 atom stereocenters. The number of aromatic nitrogens is 1. The summed E-state index contributed by atoms with van der Waals surface area (Å²) >= 11 is 6.06. The number of hydrogen-bond acceptors (Lipinski definition) is 4. The van der Waals surface area contributed by atoms with Crippen molar-refractivity contribution in [2.45, 2.75) is 42.5 Å². The van der Waals surface area contributed by atoms with Crippen molar-refractivity contribution < 1.29 is 8.42 Å². The van der Waals surface area contributed by atoms with Gasteiger partial charge in [0.2, 0.25) is 0 Å². The van der Waals surface area contributed by atoms with Gasteiger partial charge in [-0.1, -0.05) is 23.7 Å². The maximum Gasteiger partial charge on any atom is 0.267 e. The second-order valence-corrected chi connectivity index (χ2v) is 9.21. The summed E-state index contributed by atoms with van der Waals surface area (Å²) in [6.07, 6.45) is 11.0. The number of hydrogen-bond donors (Lipinski definition) is 1. The van der Waals surface area contributed by atoms with Gasteiger partial charge in [0.05, 0.1) is 4.90 Å². The molecule has 0 spiro atoms. The standard InChI is InChI=1S/C20H22ClN3O2S/c1-22-19-7-3-6-17-18(19)13-24(20(17)14-8-10-23-11-9-14)27(25,26)16-5-2-4-15(21)12-16/h2,4-5,8,10-14,19,22H,3,6-7,9H2,1H3. The topological polar surface area (TPSA) is 63.5 Å². The fourth-order valence-corrected chi connectivity index (χ4v) is 5.83. The first-order chi connectivity index (χ1) is 13.0. The van der Waals surface area contributed by atoms with Gasteiger partial charge < -0.3 is 5.32 Å². The Morgan fingerprint density at radius 1 is 1.33 bits per heavy atom. The van der Waals surface area contributed by atoms with Gasteiger partial charge in [-0.25, -0.2) is 12.4 Å². The number of aliphatic imine (C=N–C) groups is 1. The Balaban J connectivity index is 1.93. The molecule has 7 heteroatoms. The average Bonchev–Trinajstić information content (AvgIpc) is 3.09. The highest BCUT2D eigenvalue weighted by atomic mass is 35.5. The van der Waals surface area contributed by atoms with Crippen LogP contribution in [0.25, 0.3) is 0 Å². The summed E-state index contributed by atoms with van der Waals surface area (Å²) < 4.78 is 28.5. The number of nitrogens with zero attached hydrogens (tertiary/aromatic N) is 2. The van der Waals surface area contributed by atoms with Crippen LogP contribution in [0.2, 0.25) is 5.02 Å². The summed E-state index contributed by atoms with van der Waals surface area (Å²) in [7, 11) is -1.82. The van der Waals surface area contributed by atoms with E-state index in [2.05, 4.69) is 10.3 Å². The first kappa shape index (κ1) is 18.5. The van der Waals surface area contributed by atoms with Crippen molar-refractivity contribution in [1.29, 1.82) is 0 Å². The SMILES string of the molecule is CNC1CCCc2c1cn(S(=O)(=O)c1cccc(Cl)c1)c2C1C=CN=CC1. The third-order valence-corrected chi connectivity index (χ3v) is 7.27.